The number of likely N-dealkylation sites (N-methyl/N-ethyl adjacent to an activating group) is 1. The molecule has 0 atom stereocenters. The summed E-state index contributed by atoms with van der Waals surface area (Å²) in [6.07, 6.45) is 7.95. The predicted molar refractivity (Wildman–Crippen MR) is 89.8 cm³/mol. The molecule has 0 aromatic carbocycles. The van der Waals surface area contributed by atoms with Crippen molar-refractivity contribution in [3.63, 3.8) is 0 Å². The van der Waals surface area contributed by atoms with Gasteiger partial charge < -0.3 is 14.2 Å². The maximum absolute atomic E-state index is 12.4. The molecule has 4 aliphatic carbocycles. The topological polar surface area (TPSA) is 72.6 Å². The largest absolute Gasteiger partial charge is 0.450 e. The molecule has 0 saturated heterocycles. The molecule has 1 aromatic rings. The van der Waals surface area contributed by atoms with Crippen molar-refractivity contribution in [1.29, 1.82) is 0 Å². The number of ether oxygens (including phenoxy) is 1. The third-order valence-electron chi connectivity index (χ3n) is 6.32. The first-order valence-electron chi connectivity index (χ1n) is 9.27. The second-order valence-corrected chi connectivity index (χ2v) is 8.58. The first-order valence-corrected chi connectivity index (χ1v) is 9.27. The summed E-state index contributed by atoms with van der Waals surface area (Å²) in [5, 5.41) is 3.65. The average molecular weight is 346 g/mol. The molecule has 1 aromatic heterocycles. The highest BCUT2D eigenvalue weighted by atomic mass is 16.6. The van der Waals surface area contributed by atoms with E-state index in [-0.39, 0.29) is 18.3 Å². The van der Waals surface area contributed by atoms with E-state index in [1.54, 1.807) is 11.8 Å². The third kappa shape index (κ3) is 3.31. The summed E-state index contributed by atoms with van der Waals surface area (Å²) in [6, 6.07) is 1.51. The number of carbonyl (C=O) groups is 2. The zero-order valence-corrected chi connectivity index (χ0v) is 15.0. The highest BCUT2D eigenvalue weighted by Crippen LogP contribution is 2.60. The van der Waals surface area contributed by atoms with Crippen molar-refractivity contribution in [1.82, 2.24) is 10.1 Å². The van der Waals surface area contributed by atoms with Gasteiger partial charge in [0.15, 0.2) is 6.61 Å². The number of rotatable bonds is 5. The molecule has 4 aliphatic rings. The van der Waals surface area contributed by atoms with E-state index in [9.17, 15) is 9.59 Å². The van der Waals surface area contributed by atoms with Crippen molar-refractivity contribution in [3.8, 4) is 0 Å². The highest BCUT2D eigenvalue weighted by molar-refractivity contribution is 5.88. The Morgan fingerprint density at radius 3 is 2.36 bits per heavy atom. The fourth-order valence-electron chi connectivity index (χ4n) is 5.84. The standard InChI is InChI=1S/C19H26N2O4/c1-12-3-16(25-20-12)18(23)24-10-17(22)21(2)11-19-7-13-4-14(8-19)6-15(5-13)9-19/h3,13-15H,4-11H2,1-2H3. The van der Waals surface area contributed by atoms with Gasteiger partial charge in [0.25, 0.3) is 5.91 Å². The summed E-state index contributed by atoms with van der Waals surface area (Å²) >= 11 is 0. The van der Waals surface area contributed by atoms with Crippen molar-refractivity contribution in [2.45, 2.75) is 45.4 Å². The SMILES string of the molecule is Cc1cc(C(=O)OCC(=O)N(C)CC23CC4CC(CC(C4)C2)C3)on1. The summed E-state index contributed by atoms with van der Waals surface area (Å²) in [5.41, 5.74) is 0.905. The van der Waals surface area contributed by atoms with E-state index in [1.807, 2.05) is 7.05 Å². The van der Waals surface area contributed by atoms with Crippen LogP contribution in [0.2, 0.25) is 0 Å². The van der Waals surface area contributed by atoms with E-state index in [4.69, 9.17) is 9.26 Å². The van der Waals surface area contributed by atoms with Crippen LogP contribution in [0.25, 0.3) is 0 Å². The molecule has 25 heavy (non-hydrogen) atoms. The molecular formula is C19H26N2O4. The highest BCUT2D eigenvalue weighted by Gasteiger charge is 2.51. The van der Waals surface area contributed by atoms with Gasteiger partial charge in [0.2, 0.25) is 5.76 Å². The Morgan fingerprint density at radius 1 is 1.24 bits per heavy atom. The Balaban J connectivity index is 1.31. The van der Waals surface area contributed by atoms with Crippen molar-refractivity contribution >= 4 is 11.9 Å². The van der Waals surface area contributed by atoms with Gasteiger partial charge in [-0.3, -0.25) is 4.79 Å². The van der Waals surface area contributed by atoms with Crippen LogP contribution in [0.4, 0.5) is 0 Å². The van der Waals surface area contributed by atoms with Crippen LogP contribution >= 0.6 is 0 Å². The Morgan fingerprint density at radius 2 is 1.84 bits per heavy atom. The van der Waals surface area contributed by atoms with Crippen molar-refractivity contribution in [3.05, 3.63) is 17.5 Å². The lowest BCUT2D eigenvalue weighted by molar-refractivity contribution is -0.138. The minimum Gasteiger partial charge on any atom is -0.450 e. The molecule has 6 nitrogen and oxygen atoms in total. The lowest BCUT2D eigenvalue weighted by atomic mass is 9.49. The Bertz CT molecular complexity index is 645. The lowest BCUT2D eigenvalue weighted by Gasteiger charge is -2.57. The lowest BCUT2D eigenvalue weighted by Crippen LogP contribution is -2.51. The molecule has 4 saturated carbocycles. The molecule has 136 valence electrons. The fraction of sp³-hybridized carbons (Fsp3) is 0.737. The first kappa shape index (κ1) is 16.6. The van der Waals surface area contributed by atoms with Crippen molar-refractivity contribution in [2.75, 3.05) is 20.2 Å². The van der Waals surface area contributed by atoms with Crippen LogP contribution in [0.3, 0.4) is 0 Å². The summed E-state index contributed by atoms with van der Waals surface area (Å²) in [5.74, 6) is 1.83. The van der Waals surface area contributed by atoms with Crippen LogP contribution in [0.5, 0.6) is 0 Å². The molecular weight excluding hydrogens is 320 g/mol. The second kappa shape index (κ2) is 6.15. The molecule has 0 spiro atoms. The molecule has 4 bridgehead atoms. The average Bonchev–Trinajstić information content (AvgIpc) is 2.97. The number of aromatic nitrogens is 1. The third-order valence-corrected chi connectivity index (χ3v) is 6.32. The summed E-state index contributed by atoms with van der Waals surface area (Å²) in [6.45, 7) is 2.26. The molecule has 5 rings (SSSR count). The smallest absolute Gasteiger partial charge is 0.377 e. The number of carbonyl (C=O) groups excluding carboxylic acids is 2. The maximum Gasteiger partial charge on any atom is 0.377 e. The summed E-state index contributed by atoms with van der Waals surface area (Å²) in [4.78, 5) is 26.0. The second-order valence-electron chi connectivity index (χ2n) is 8.58. The number of nitrogens with zero attached hydrogens (tertiary/aromatic N) is 2. The van der Waals surface area contributed by atoms with E-state index in [0.29, 0.717) is 11.1 Å². The van der Waals surface area contributed by atoms with Crippen LogP contribution < -0.4 is 0 Å². The van der Waals surface area contributed by atoms with Gasteiger partial charge in [-0.15, -0.1) is 0 Å². The molecule has 0 unspecified atom stereocenters. The minimum absolute atomic E-state index is 0.0361. The molecule has 6 heteroatoms. The predicted octanol–water partition coefficient (Wildman–Crippen LogP) is 2.81. The van der Waals surface area contributed by atoms with Gasteiger partial charge >= 0.3 is 5.97 Å². The van der Waals surface area contributed by atoms with Gasteiger partial charge in [0.05, 0.1) is 5.69 Å². The van der Waals surface area contributed by atoms with Gasteiger partial charge in [-0.05, 0) is 68.6 Å². The van der Waals surface area contributed by atoms with Gasteiger partial charge in [0.1, 0.15) is 0 Å². The monoisotopic (exact) mass is 346 g/mol. The number of hydrogen-bond acceptors (Lipinski definition) is 5. The normalized spacial score (nSPS) is 32.6. The maximum atomic E-state index is 12.4. The zero-order valence-electron chi connectivity index (χ0n) is 15.0. The van der Waals surface area contributed by atoms with E-state index < -0.39 is 5.97 Å². The molecule has 0 N–H and O–H groups in total. The van der Waals surface area contributed by atoms with Crippen LogP contribution in [-0.4, -0.2) is 42.1 Å². The quantitative estimate of drug-likeness (QED) is 0.767. The van der Waals surface area contributed by atoms with Crippen molar-refractivity contribution in [2.24, 2.45) is 23.2 Å². The Hall–Kier alpha value is -1.85. The van der Waals surface area contributed by atoms with E-state index in [0.717, 1.165) is 24.3 Å². The number of hydrogen-bond donors (Lipinski definition) is 0. The summed E-state index contributed by atoms with van der Waals surface area (Å²) in [7, 11) is 1.83. The molecule has 1 amide bonds. The van der Waals surface area contributed by atoms with Crippen molar-refractivity contribution < 1.29 is 18.8 Å². The number of aryl methyl sites for hydroxylation is 1. The van der Waals surface area contributed by atoms with Crippen LogP contribution in [0.15, 0.2) is 10.6 Å². The van der Waals surface area contributed by atoms with Gasteiger partial charge in [0, 0.05) is 19.7 Å². The van der Waals surface area contributed by atoms with Crippen LogP contribution in [-0.2, 0) is 9.53 Å². The first-order chi connectivity index (χ1) is 11.9. The van der Waals surface area contributed by atoms with Crippen LogP contribution in [0.1, 0.15) is 54.8 Å². The Kier molecular flexibility index (Phi) is 4.08. The van der Waals surface area contributed by atoms with Gasteiger partial charge in [-0.1, -0.05) is 5.16 Å². The molecule has 4 fully saturated rings. The van der Waals surface area contributed by atoms with Gasteiger partial charge in [-0.2, -0.15) is 0 Å². The number of amides is 1. The minimum atomic E-state index is -0.642. The van der Waals surface area contributed by atoms with Crippen LogP contribution in [0, 0.1) is 30.1 Å². The molecule has 0 aliphatic heterocycles. The van der Waals surface area contributed by atoms with E-state index >= 15 is 0 Å². The molecule has 0 radical (unpaired) electrons. The zero-order chi connectivity index (χ0) is 17.6. The van der Waals surface area contributed by atoms with E-state index in [1.165, 1.54) is 44.6 Å². The molecule has 1 heterocycles. The fourth-order valence-corrected chi connectivity index (χ4v) is 5.84. The van der Waals surface area contributed by atoms with Gasteiger partial charge in [-0.25, -0.2) is 4.79 Å². The van der Waals surface area contributed by atoms with E-state index in [2.05, 4.69) is 5.16 Å². The summed E-state index contributed by atoms with van der Waals surface area (Å²) < 4.78 is 9.94. The Labute approximate surface area is 147 Å². The number of esters is 1.